The molecule has 1 fully saturated rings. The smallest absolute Gasteiger partial charge is 0.408 e. The molecular formula is C20H35NO5. The first-order chi connectivity index (χ1) is 11.8. The molecule has 1 amide bonds. The van der Waals surface area contributed by atoms with Gasteiger partial charge in [0.25, 0.3) is 0 Å². The van der Waals surface area contributed by atoms with Crippen LogP contribution in [0.4, 0.5) is 4.79 Å². The van der Waals surface area contributed by atoms with Crippen LogP contribution >= 0.6 is 0 Å². The van der Waals surface area contributed by atoms with Crippen molar-refractivity contribution in [1.29, 1.82) is 0 Å². The van der Waals surface area contributed by atoms with Crippen LogP contribution in [0.15, 0.2) is 0 Å². The van der Waals surface area contributed by atoms with E-state index in [9.17, 15) is 14.4 Å². The number of ether oxygens (including phenoxy) is 1. The van der Waals surface area contributed by atoms with E-state index in [4.69, 9.17) is 9.84 Å². The molecule has 6 heteroatoms. The average molecular weight is 370 g/mol. The number of nitrogens with one attached hydrogen (secondary N) is 1. The molecule has 1 saturated carbocycles. The number of carboxylic acid groups (broad SMARTS) is 1. The lowest BCUT2D eigenvalue weighted by atomic mass is 9.69. The highest BCUT2D eigenvalue weighted by atomic mass is 16.6. The Balaban J connectivity index is 2.69. The number of aliphatic carboxylic acids is 1. The van der Waals surface area contributed by atoms with Crippen molar-refractivity contribution in [3.05, 3.63) is 0 Å². The molecule has 6 nitrogen and oxygen atoms in total. The standard InChI is InChI=1S/C20H35NO5/c1-19(2,3)14-9-7-13(8-10-14)11-15(16(22)12-17(23)24)21-18(25)26-20(4,5)6/h13-15H,7-12H2,1-6H3,(H,21,25)(H,23,24)/t13?,14?,15-/m0/s1. The number of carboxylic acids is 1. The van der Waals surface area contributed by atoms with Crippen molar-refractivity contribution in [2.75, 3.05) is 0 Å². The van der Waals surface area contributed by atoms with E-state index in [1.165, 1.54) is 0 Å². The molecule has 0 spiro atoms. The molecule has 26 heavy (non-hydrogen) atoms. The molecule has 0 aromatic carbocycles. The van der Waals surface area contributed by atoms with Gasteiger partial charge in [0.1, 0.15) is 12.0 Å². The minimum atomic E-state index is -1.18. The topological polar surface area (TPSA) is 92.7 Å². The van der Waals surface area contributed by atoms with Crippen LogP contribution in [0.1, 0.15) is 80.1 Å². The van der Waals surface area contributed by atoms with Crippen LogP contribution in [0.5, 0.6) is 0 Å². The molecule has 0 saturated heterocycles. The molecule has 1 atom stereocenters. The van der Waals surface area contributed by atoms with E-state index < -0.39 is 35.9 Å². The van der Waals surface area contributed by atoms with Gasteiger partial charge >= 0.3 is 12.1 Å². The molecule has 1 aliphatic carbocycles. The van der Waals surface area contributed by atoms with Gasteiger partial charge in [0, 0.05) is 0 Å². The van der Waals surface area contributed by atoms with E-state index in [2.05, 4.69) is 26.1 Å². The van der Waals surface area contributed by atoms with Crippen LogP contribution in [0.25, 0.3) is 0 Å². The number of rotatable bonds is 6. The number of hydrogen-bond donors (Lipinski definition) is 2. The van der Waals surface area contributed by atoms with Gasteiger partial charge < -0.3 is 15.2 Å². The number of amides is 1. The van der Waals surface area contributed by atoms with E-state index in [1.54, 1.807) is 20.8 Å². The van der Waals surface area contributed by atoms with E-state index in [1.807, 2.05) is 0 Å². The molecule has 0 aromatic rings. The van der Waals surface area contributed by atoms with Crippen molar-refractivity contribution in [3.63, 3.8) is 0 Å². The van der Waals surface area contributed by atoms with Crippen LogP contribution in [-0.4, -0.2) is 34.6 Å². The summed E-state index contributed by atoms with van der Waals surface area (Å²) in [6.45, 7) is 12.0. The van der Waals surface area contributed by atoms with Gasteiger partial charge in [-0.1, -0.05) is 33.6 Å². The van der Waals surface area contributed by atoms with Gasteiger partial charge in [-0.25, -0.2) is 4.79 Å². The first-order valence-electron chi connectivity index (χ1n) is 9.52. The maximum atomic E-state index is 12.3. The van der Waals surface area contributed by atoms with Crippen molar-refractivity contribution >= 4 is 17.8 Å². The van der Waals surface area contributed by atoms with Crippen LogP contribution < -0.4 is 5.32 Å². The quantitative estimate of drug-likeness (QED) is 0.686. The van der Waals surface area contributed by atoms with Crippen LogP contribution in [0.2, 0.25) is 0 Å². The highest BCUT2D eigenvalue weighted by Crippen LogP contribution is 2.41. The molecule has 0 aromatic heterocycles. The van der Waals surface area contributed by atoms with Gasteiger partial charge in [-0.2, -0.15) is 0 Å². The first-order valence-corrected chi connectivity index (χ1v) is 9.52. The van der Waals surface area contributed by atoms with Gasteiger partial charge in [0.05, 0.1) is 6.04 Å². The summed E-state index contributed by atoms with van der Waals surface area (Å²) in [5.41, 5.74) is -0.395. The number of Topliss-reactive ketones (excluding diaryl/α,β-unsaturated/α-hetero) is 1. The Kier molecular flexibility index (Phi) is 7.66. The summed E-state index contributed by atoms with van der Waals surface area (Å²) in [5.74, 6) is -0.680. The molecule has 2 N–H and O–H groups in total. The fourth-order valence-corrected chi connectivity index (χ4v) is 3.59. The van der Waals surface area contributed by atoms with Crippen LogP contribution in [0.3, 0.4) is 0 Å². The maximum absolute atomic E-state index is 12.3. The normalized spacial score (nSPS) is 22.4. The third-order valence-corrected chi connectivity index (χ3v) is 5.05. The minimum Gasteiger partial charge on any atom is -0.481 e. The number of carbonyl (C=O) groups is 3. The van der Waals surface area contributed by atoms with Gasteiger partial charge in [-0.15, -0.1) is 0 Å². The van der Waals surface area contributed by atoms with Crippen LogP contribution in [0, 0.1) is 17.3 Å². The Morgan fingerprint density at radius 2 is 1.58 bits per heavy atom. The van der Waals surface area contributed by atoms with Crippen molar-refractivity contribution in [2.24, 2.45) is 17.3 Å². The zero-order valence-electron chi connectivity index (χ0n) is 17.1. The Hall–Kier alpha value is -1.59. The second-order valence-electron chi connectivity index (χ2n) is 9.56. The van der Waals surface area contributed by atoms with E-state index in [0.717, 1.165) is 25.7 Å². The molecule has 0 radical (unpaired) electrons. The van der Waals surface area contributed by atoms with Crippen molar-refractivity contribution in [2.45, 2.75) is 91.7 Å². The average Bonchev–Trinajstić information content (AvgIpc) is 2.43. The summed E-state index contributed by atoms with van der Waals surface area (Å²) >= 11 is 0. The largest absolute Gasteiger partial charge is 0.481 e. The second kappa shape index (κ2) is 8.87. The zero-order valence-corrected chi connectivity index (χ0v) is 17.1. The monoisotopic (exact) mass is 369 g/mol. The van der Waals surface area contributed by atoms with Crippen molar-refractivity contribution < 1.29 is 24.2 Å². The second-order valence-corrected chi connectivity index (χ2v) is 9.56. The Morgan fingerprint density at radius 1 is 1.04 bits per heavy atom. The Bertz CT molecular complexity index is 507. The molecular weight excluding hydrogens is 334 g/mol. The molecule has 0 heterocycles. The summed E-state index contributed by atoms with van der Waals surface area (Å²) in [6, 6.07) is -0.808. The lowest BCUT2D eigenvalue weighted by molar-refractivity contribution is -0.140. The van der Waals surface area contributed by atoms with E-state index in [-0.39, 0.29) is 5.41 Å². The summed E-state index contributed by atoms with van der Waals surface area (Å²) in [6.07, 6.45) is 3.40. The van der Waals surface area contributed by atoms with E-state index in [0.29, 0.717) is 18.3 Å². The lowest BCUT2D eigenvalue weighted by Crippen LogP contribution is -2.45. The Morgan fingerprint density at radius 3 is 2.00 bits per heavy atom. The molecule has 1 rings (SSSR count). The lowest BCUT2D eigenvalue weighted by Gasteiger charge is -2.37. The van der Waals surface area contributed by atoms with Crippen molar-refractivity contribution in [1.82, 2.24) is 5.32 Å². The minimum absolute atomic E-state index is 0.276. The third-order valence-electron chi connectivity index (χ3n) is 5.05. The van der Waals surface area contributed by atoms with Gasteiger partial charge in [0.2, 0.25) is 0 Å². The predicted octanol–water partition coefficient (Wildman–Crippen LogP) is 4.17. The molecule has 0 bridgehead atoms. The summed E-state index contributed by atoms with van der Waals surface area (Å²) in [5, 5.41) is 11.5. The van der Waals surface area contributed by atoms with Gasteiger partial charge in [-0.3, -0.25) is 9.59 Å². The summed E-state index contributed by atoms with van der Waals surface area (Å²) < 4.78 is 5.22. The van der Waals surface area contributed by atoms with Gasteiger partial charge in [0.15, 0.2) is 5.78 Å². The number of carbonyl (C=O) groups excluding carboxylic acids is 2. The number of ketones is 1. The fourth-order valence-electron chi connectivity index (χ4n) is 3.59. The summed E-state index contributed by atoms with van der Waals surface area (Å²) in [4.78, 5) is 35.3. The highest BCUT2D eigenvalue weighted by molar-refractivity contribution is 5.99. The SMILES string of the molecule is CC(C)(C)OC(=O)N[C@@H](CC1CCC(C(C)(C)C)CC1)C(=O)CC(=O)O. The van der Waals surface area contributed by atoms with Gasteiger partial charge in [-0.05, 0) is 57.3 Å². The fraction of sp³-hybridized carbons (Fsp3) is 0.850. The maximum Gasteiger partial charge on any atom is 0.408 e. The molecule has 1 aliphatic rings. The predicted molar refractivity (Wildman–Crippen MR) is 99.9 cm³/mol. The third kappa shape index (κ3) is 8.19. The molecule has 150 valence electrons. The van der Waals surface area contributed by atoms with E-state index >= 15 is 0 Å². The van der Waals surface area contributed by atoms with Crippen molar-refractivity contribution in [3.8, 4) is 0 Å². The Labute approximate surface area is 157 Å². The van der Waals surface area contributed by atoms with Crippen LogP contribution in [-0.2, 0) is 14.3 Å². The first kappa shape index (κ1) is 22.5. The summed E-state index contributed by atoms with van der Waals surface area (Å²) in [7, 11) is 0. The highest BCUT2D eigenvalue weighted by Gasteiger charge is 2.33. The molecule has 0 unspecified atom stereocenters. The number of alkyl carbamates (subject to hydrolysis) is 1. The zero-order chi connectivity index (χ0) is 20.1. The number of hydrogen-bond acceptors (Lipinski definition) is 4. The molecule has 0 aliphatic heterocycles.